The highest BCUT2D eigenvalue weighted by atomic mass is 19.4. The van der Waals surface area contributed by atoms with Gasteiger partial charge in [-0.25, -0.2) is 4.90 Å². The summed E-state index contributed by atoms with van der Waals surface area (Å²) in [6.07, 6.45) is -4.36. The molecule has 0 aliphatic carbocycles. The number of hydrogen-bond donors (Lipinski definition) is 0. The van der Waals surface area contributed by atoms with Gasteiger partial charge in [0.05, 0.1) is 22.4 Å². The van der Waals surface area contributed by atoms with Crippen LogP contribution in [0.25, 0.3) is 0 Å². The van der Waals surface area contributed by atoms with Crippen molar-refractivity contribution >= 4 is 28.9 Å². The molecule has 0 bridgehead atoms. The molecule has 5 nitrogen and oxygen atoms in total. The van der Waals surface area contributed by atoms with Crippen molar-refractivity contribution in [2.45, 2.75) is 6.18 Å². The van der Waals surface area contributed by atoms with Crippen LogP contribution in [0.2, 0.25) is 0 Å². The van der Waals surface area contributed by atoms with Crippen molar-refractivity contribution in [2.75, 3.05) is 40.9 Å². The lowest BCUT2D eigenvalue weighted by atomic mass is 10.1. The number of halogens is 3. The zero-order valence-electron chi connectivity index (χ0n) is 17.5. The van der Waals surface area contributed by atoms with E-state index in [4.69, 9.17) is 0 Å². The maximum absolute atomic E-state index is 13.0. The zero-order chi connectivity index (χ0) is 23.2. The molecule has 0 radical (unpaired) electrons. The number of alkyl halides is 3. The molecule has 3 aromatic carbocycles. The normalized spacial score (nSPS) is 16.4. The van der Waals surface area contributed by atoms with Crippen LogP contribution >= 0.6 is 0 Å². The first-order chi connectivity index (χ1) is 15.8. The number of anilines is 3. The predicted molar refractivity (Wildman–Crippen MR) is 120 cm³/mol. The third-order valence-electron chi connectivity index (χ3n) is 6.09. The maximum atomic E-state index is 13.0. The molecule has 1 saturated heterocycles. The summed E-state index contributed by atoms with van der Waals surface area (Å²) in [6.45, 7) is 2.45. The third-order valence-corrected chi connectivity index (χ3v) is 6.09. The SMILES string of the molecule is O=C1c2ccccc2C(=O)N1c1ccc(N2CCN(c3cccc(C(F)(F)F)c3)CC2)cc1. The molecule has 5 rings (SSSR count). The molecule has 2 aliphatic heterocycles. The first-order valence-corrected chi connectivity index (χ1v) is 10.6. The molecule has 0 N–H and O–H groups in total. The van der Waals surface area contributed by atoms with Crippen LogP contribution in [-0.2, 0) is 6.18 Å². The Bertz CT molecular complexity index is 1180. The van der Waals surface area contributed by atoms with Crippen molar-refractivity contribution < 1.29 is 22.8 Å². The van der Waals surface area contributed by atoms with Crippen LogP contribution in [-0.4, -0.2) is 38.0 Å². The van der Waals surface area contributed by atoms with Crippen molar-refractivity contribution in [2.24, 2.45) is 0 Å². The van der Waals surface area contributed by atoms with Crippen LogP contribution < -0.4 is 14.7 Å². The molecule has 3 aromatic rings. The van der Waals surface area contributed by atoms with Gasteiger partial charge in [-0.3, -0.25) is 9.59 Å². The molecule has 0 aromatic heterocycles. The van der Waals surface area contributed by atoms with E-state index in [-0.39, 0.29) is 11.8 Å². The van der Waals surface area contributed by atoms with E-state index in [9.17, 15) is 22.8 Å². The average molecular weight is 451 g/mol. The average Bonchev–Trinajstić information content (AvgIpc) is 3.09. The van der Waals surface area contributed by atoms with E-state index in [0.717, 1.165) is 11.8 Å². The van der Waals surface area contributed by atoms with Gasteiger partial charge >= 0.3 is 6.18 Å². The number of carbonyl (C=O) groups is 2. The minimum Gasteiger partial charge on any atom is -0.368 e. The lowest BCUT2D eigenvalue weighted by Crippen LogP contribution is -2.46. The number of hydrogen-bond acceptors (Lipinski definition) is 4. The van der Waals surface area contributed by atoms with Gasteiger partial charge in [0.1, 0.15) is 0 Å². The quantitative estimate of drug-likeness (QED) is 0.535. The number of imide groups is 1. The predicted octanol–water partition coefficient (Wildman–Crippen LogP) is 4.83. The topological polar surface area (TPSA) is 43.9 Å². The fourth-order valence-corrected chi connectivity index (χ4v) is 4.34. The number of rotatable bonds is 3. The zero-order valence-corrected chi connectivity index (χ0v) is 17.5. The van der Waals surface area contributed by atoms with Gasteiger partial charge in [-0.1, -0.05) is 18.2 Å². The second-order valence-corrected chi connectivity index (χ2v) is 8.03. The third kappa shape index (κ3) is 3.82. The number of carbonyl (C=O) groups excluding carboxylic acids is 2. The van der Waals surface area contributed by atoms with Crippen LogP contribution in [0.15, 0.2) is 72.8 Å². The molecule has 2 aliphatic rings. The molecule has 0 spiro atoms. The molecule has 0 atom stereocenters. The van der Waals surface area contributed by atoms with Gasteiger partial charge in [-0.05, 0) is 54.6 Å². The summed E-state index contributed by atoms with van der Waals surface area (Å²) >= 11 is 0. The van der Waals surface area contributed by atoms with E-state index in [2.05, 4.69) is 4.90 Å². The van der Waals surface area contributed by atoms with Crippen LogP contribution in [0.3, 0.4) is 0 Å². The van der Waals surface area contributed by atoms with Gasteiger partial charge in [0.15, 0.2) is 0 Å². The minimum absolute atomic E-state index is 0.335. The minimum atomic E-state index is -4.36. The summed E-state index contributed by atoms with van der Waals surface area (Å²) in [6, 6.07) is 19.4. The molecule has 33 heavy (non-hydrogen) atoms. The van der Waals surface area contributed by atoms with Gasteiger partial charge in [0, 0.05) is 37.6 Å². The van der Waals surface area contributed by atoms with Crippen LogP contribution in [0.1, 0.15) is 26.3 Å². The summed E-state index contributed by atoms with van der Waals surface area (Å²) < 4.78 is 39.0. The Morgan fingerprint density at radius 2 is 1.12 bits per heavy atom. The highest BCUT2D eigenvalue weighted by molar-refractivity contribution is 6.34. The second kappa shape index (κ2) is 7.95. The van der Waals surface area contributed by atoms with Gasteiger partial charge in [-0.2, -0.15) is 13.2 Å². The standard InChI is InChI=1S/C25H20F3N3O2/c26-25(27,28)17-4-3-5-20(16-17)30-14-12-29(13-15-30)18-8-10-19(11-9-18)31-23(32)21-6-1-2-7-22(21)24(31)33/h1-11,16H,12-15H2. The molecule has 0 saturated carbocycles. The van der Waals surface area contributed by atoms with Gasteiger partial charge in [0.2, 0.25) is 0 Å². The van der Waals surface area contributed by atoms with Crippen molar-refractivity contribution in [3.05, 3.63) is 89.5 Å². The second-order valence-electron chi connectivity index (χ2n) is 8.03. The van der Waals surface area contributed by atoms with Crippen molar-refractivity contribution in [1.82, 2.24) is 0 Å². The summed E-state index contributed by atoms with van der Waals surface area (Å²) in [5, 5.41) is 0. The molecule has 1 fully saturated rings. The first-order valence-electron chi connectivity index (χ1n) is 10.6. The Hall–Kier alpha value is -3.81. The van der Waals surface area contributed by atoms with Gasteiger partial charge < -0.3 is 9.80 Å². The lowest BCUT2D eigenvalue weighted by molar-refractivity contribution is -0.137. The molecule has 0 unspecified atom stereocenters. The molecule has 168 valence electrons. The summed E-state index contributed by atoms with van der Waals surface area (Å²) in [7, 11) is 0. The number of fused-ring (bicyclic) bond motifs is 1. The summed E-state index contributed by atoms with van der Waals surface area (Å²) in [4.78, 5) is 30.6. The first kappa shape index (κ1) is 21.1. The Labute approximate surface area is 188 Å². The van der Waals surface area contributed by atoms with Gasteiger partial charge in [0.25, 0.3) is 11.8 Å². The molecule has 2 amide bonds. The highest BCUT2D eigenvalue weighted by Crippen LogP contribution is 2.33. The lowest BCUT2D eigenvalue weighted by Gasteiger charge is -2.37. The van der Waals surface area contributed by atoms with Crippen molar-refractivity contribution in [3.8, 4) is 0 Å². The summed E-state index contributed by atoms with van der Waals surface area (Å²) in [5.41, 5.74) is 2.15. The van der Waals surface area contributed by atoms with E-state index in [1.807, 2.05) is 17.0 Å². The fourth-order valence-electron chi connectivity index (χ4n) is 4.34. The van der Waals surface area contributed by atoms with E-state index in [0.29, 0.717) is 48.7 Å². The van der Waals surface area contributed by atoms with E-state index >= 15 is 0 Å². The molecule has 8 heteroatoms. The smallest absolute Gasteiger partial charge is 0.368 e. The highest BCUT2D eigenvalue weighted by Gasteiger charge is 2.36. The Balaban J connectivity index is 1.27. The maximum Gasteiger partial charge on any atom is 0.416 e. The van der Waals surface area contributed by atoms with Crippen molar-refractivity contribution in [1.29, 1.82) is 0 Å². The van der Waals surface area contributed by atoms with Gasteiger partial charge in [-0.15, -0.1) is 0 Å². The van der Waals surface area contributed by atoms with E-state index in [1.165, 1.54) is 17.0 Å². The molecular weight excluding hydrogens is 431 g/mol. The summed E-state index contributed by atoms with van der Waals surface area (Å²) in [5.74, 6) is -0.670. The Kier molecular flexibility index (Phi) is 5.08. The number of nitrogens with zero attached hydrogens (tertiary/aromatic N) is 3. The molecule has 2 heterocycles. The monoisotopic (exact) mass is 451 g/mol. The Morgan fingerprint density at radius 1 is 0.606 bits per heavy atom. The van der Waals surface area contributed by atoms with Crippen LogP contribution in [0, 0.1) is 0 Å². The Morgan fingerprint density at radius 3 is 1.67 bits per heavy atom. The van der Waals surface area contributed by atoms with Crippen LogP contribution in [0.4, 0.5) is 30.2 Å². The largest absolute Gasteiger partial charge is 0.416 e. The van der Waals surface area contributed by atoms with E-state index < -0.39 is 11.7 Å². The fraction of sp³-hybridized carbons (Fsp3) is 0.200. The number of benzene rings is 3. The number of piperazine rings is 1. The van der Waals surface area contributed by atoms with Crippen LogP contribution in [0.5, 0.6) is 0 Å². The van der Waals surface area contributed by atoms with Crippen molar-refractivity contribution in [3.63, 3.8) is 0 Å². The van der Waals surface area contributed by atoms with E-state index in [1.54, 1.807) is 42.5 Å². The molecular formula is C25H20F3N3O2. The number of amides is 2.